The first-order chi connectivity index (χ1) is 14.8. The standard InChI is InChI=1S/C21H18N6O3/c1-28-15-7-4-13(5-8-15)24-21-25-20(26-27-21)16-3-2-10-22-19(16)23-14-6-9-17-18(11-14)30-12-29-17/h2-11H,12H2,1H3,(H,22,23)(H2,24,25,26,27). The van der Waals surface area contributed by atoms with Gasteiger partial charge in [0.25, 0.3) is 0 Å². The molecule has 9 nitrogen and oxygen atoms in total. The molecule has 3 N–H and O–H groups in total. The molecule has 2 aromatic heterocycles. The van der Waals surface area contributed by atoms with Gasteiger partial charge in [-0.15, -0.1) is 5.10 Å². The van der Waals surface area contributed by atoms with Gasteiger partial charge in [-0.2, -0.15) is 4.98 Å². The van der Waals surface area contributed by atoms with Crippen LogP contribution in [0.15, 0.2) is 60.8 Å². The predicted molar refractivity (Wildman–Crippen MR) is 112 cm³/mol. The molecule has 0 saturated heterocycles. The molecule has 0 spiro atoms. The van der Waals surface area contributed by atoms with Gasteiger partial charge in [-0.05, 0) is 48.5 Å². The summed E-state index contributed by atoms with van der Waals surface area (Å²) in [5, 5.41) is 13.7. The Bertz CT molecular complexity index is 1180. The fraction of sp³-hybridized carbons (Fsp3) is 0.0952. The molecule has 0 aliphatic carbocycles. The van der Waals surface area contributed by atoms with E-state index in [9.17, 15) is 0 Å². The summed E-state index contributed by atoms with van der Waals surface area (Å²) in [5.74, 6) is 3.89. The second-order valence-electron chi connectivity index (χ2n) is 6.45. The lowest BCUT2D eigenvalue weighted by molar-refractivity contribution is 0.174. The van der Waals surface area contributed by atoms with Gasteiger partial charge in [-0.25, -0.2) is 4.98 Å². The van der Waals surface area contributed by atoms with Gasteiger partial charge >= 0.3 is 0 Å². The Balaban J connectivity index is 1.37. The maximum Gasteiger partial charge on any atom is 0.246 e. The number of nitrogens with one attached hydrogen (secondary N) is 3. The van der Waals surface area contributed by atoms with E-state index in [0.717, 1.165) is 28.4 Å². The average Bonchev–Trinajstić information content (AvgIpc) is 3.44. The van der Waals surface area contributed by atoms with Crippen molar-refractivity contribution in [3.63, 3.8) is 0 Å². The van der Waals surface area contributed by atoms with Gasteiger partial charge in [0.2, 0.25) is 12.7 Å². The van der Waals surface area contributed by atoms with Gasteiger partial charge in [0.05, 0.1) is 12.7 Å². The van der Waals surface area contributed by atoms with Gasteiger partial charge in [0, 0.05) is 23.6 Å². The molecular formula is C21H18N6O3. The van der Waals surface area contributed by atoms with Crippen molar-refractivity contribution in [2.75, 3.05) is 24.5 Å². The largest absolute Gasteiger partial charge is 0.497 e. The Morgan fingerprint density at radius 3 is 2.67 bits per heavy atom. The molecule has 150 valence electrons. The van der Waals surface area contributed by atoms with E-state index in [2.05, 4.69) is 30.8 Å². The molecule has 4 aromatic rings. The van der Waals surface area contributed by atoms with E-state index in [4.69, 9.17) is 14.2 Å². The summed E-state index contributed by atoms with van der Waals surface area (Å²) in [5.41, 5.74) is 2.46. The number of fused-ring (bicyclic) bond motifs is 1. The maximum absolute atomic E-state index is 5.44. The molecule has 30 heavy (non-hydrogen) atoms. The number of hydrogen-bond acceptors (Lipinski definition) is 8. The van der Waals surface area contributed by atoms with Crippen molar-refractivity contribution >= 4 is 23.1 Å². The zero-order valence-electron chi connectivity index (χ0n) is 16.0. The summed E-state index contributed by atoms with van der Waals surface area (Å²) in [6, 6.07) is 16.9. The highest BCUT2D eigenvalue weighted by Crippen LogP contribution is 2.36. The van der Waals surface area contributed by atoms with Gasteiger partial charge in [0.1, 0.15) is 11.6 Å². The fourth-order valence-electron chi connectivity index (χ4n) is 3.05. The highest BCUT2D eigenvalue weighted by atomic mass is 16.7. The number of H-pyrrole nitrogens is 1. The topological polar surface area (TPSA) is 106 Å². The summed E-state index contributed by atoms with van der Waals surface area (Å²) in [4.78, 5) is 9.00. The SMILES string of the molecule is COc1ccc(Nc2n[nH]c(-c3cccnc3Nc3ccc4c(c3)OCO4)n2)cc1. The molecule has 0 saturated carbocycles. The smallest absolute Gasteiger partial charge is 0.246 e. The summed E-state index contributed by atoms with van der Waals surface area (Å²) >= 11 is 0. The lowest BCUT2D eigenvalue weighted by Gasteiger charge is -2.09. The highest BCUT2D eigenvalue weighted by Gasteiger charge is 2.15. The van der Waals surface area contributed by atoms with E-state index in [1.807, 2.05) is 54.6 Å². The Morgan fingerprint density at radius 1 is 0.967 bits per heavy atom. The van der Waals surface area contributed by atoms with Gasteiger partial charge < -0.3 is 24.8 Å². The molecule has 5 rings (SSSR count). The van der Waals surface area contributed by atoms with E-state index in [1.165, 1.54) is 0 Å². The Labute approximate surface area is 172 Å². The third kappa shape index (κ3) is 3.55. The zero-order chi connectivity index (χ0) is 20.3. The van der Waals surface area contributed by atoms with Gasteiger partial charge in [-0.3, -0.25) is 5.10 Å². The summed E-state index contributed by atoms with van der Waals surface area (Å²) in [6.45, 7) is 0.232. The first-order valence-electron chi connectivity index (χ1n) is 9.24. The number of pyridine rings is 1. The molecule has 0 bridgehead atoms. The molecule has 1 aliphatic rings. The molecule has 0 unspecified atom stereocenters. The number of methoxy groups -OCH3 is 1. The third-order valence-corrected chi connectivity index (χ3v) is 4.53. The van der Waals surface area contributed by atoms with E-state index in [-0.39, 0.29) is 6.79 Å². The predicted octanol–water partition coefficient (Wildman–Crippen LogP) is 4.09. The monoisotopic (exact) mass is 402 g/mol. The van der Waals surface area contributed by atoms with Crippen LogP contribution < -0.4 is 24.8 Å². The zero-order valence-corrected chi connectivity index (χ0v) is 16.0. The Hall–Kier alpha value is -4.27. The molecule has 0 fully saturated rings. The number of aromatic nitrogens is 4. The molecular weight excluding hydrogens is 384 g/mol. The second-order valence-corrected chi connectivity index (χ2v) is 6.45. The second kappa shape index (κ2) is 7.63. The number of ether oxygens (including phenoxy) is 3. The number of nitrogens with zero attached hydrogens (tertiary/aromatic N) is 3. The Morgan fingerprint density at radius 2 is 1.80 bits per heavy atom. The molecule has 9 heteroatoms. The first-order valence-corrected chi connectivity index (χ1v) is 9.24. The third-order valence-electron chi connectivity index (χ3n) is 4.53. The maximum atomic E-state index is 5.44. The van der Waals surface area contributed by atoms with Crippen LogP contribution in [0.3, 0.4) is 0 Å². The number of benzene rings is 2. The number of hydrogen-bond donors (Lipinski definition) is 3. The van der Waals surface area contributed by atoms with Crippen molar-refractivity contribution in [3.05, 3.63) is 60.8 Å². The van der Waals surface area contributed by atoms with Crippen LogP contribution in [0.5, 0.6) is 17.2 Å². The lowest BCUT2D eigenvalue weighted by atomic mass is 10.2. The van der Waals surface area contributed by atoms with E-state index < -0.39 is 0 Å². The van der Waals surface area contributed by atoms with E-state index in [1.54, 1.807) is 13.3 Å². The van der Waals surface area contributed by atoms with Crippen LogP contribution in [0.1, 0.15) is 0 Å². The van der Waals surface area contributed by atoms with Crippen LogP contribution in [0.4, 0.5) is 23.1 Å². The van der Waals surface area contributed by atoms with Crippen molar-refractivity contribution in [3.8, 4) is 28.6 Å². The molecule has 3 heterocycles. The minimum Gasteiger partial charge on any atom is -0.497 e. The van der Waals surface area contributed by atoms with E-state index >= 15 is 0 Å². The molecule has 1 aliphatic heterocycles. The van der Waals surface area contributed by atoms with Crippen LogP contribution >= 0.6 is 0 Å². The van der Waals surface area contributed by atoms with Gasteiger partial charge in [-0.1, -0.05) is 0 Å². The van der Waals surface area contributed by atoms with Crippen molar-refractivity contribution in [2.45, 2.75) is 0 Å². The van der Waals surface area contributed by atoms with Crippen molar-refractivity contribution in [2.24, 2.45) is 0 Å². The van der Waals surface area contributed by atoms with Crippen LogP contribution in [-0.4, -0.2) is 34.1 Å². The van der Waals surface area contributed by atoms with Crippen molar-refractivity contribution in [1.82, 2.24) is 20.2 Å². The lowest BCUT2D eigenvalue weighted by Crippen LogP contribution is -1.97. The Kier molecular flexibility index (Phi) is 4.53. The molecule has 0 radical (unpaired) electrons. The minimum atomic E-state index is 0.232. The molecule has 0 amide bonds. The minimum absolute atomic E-state index is 0.232. The van der Waals surface area contributed by atoms with Crippen LogP contribution in [0, 0.1) is 0 Å². The molecule has 0 atom stereocenters. The average molecular weight is 402 g/mol. The summed E-state index contributed by atoms with van der Waals surface area (Å²) < 4.78 is 16.0. The highest BCUT2D eigenvalue weighted by molar-refractivity contribution is 5.75. The first kappa shape index (κ1) is 17.8. The number of aromatic amines is 1. The quantitative estimate of drug-likeness (QED) is 0.443. The van der Waals surface area contributed by atoms with Crippen LogP contribution in [0.25, 0.3) is 11.4 Å². The number of rotatable bonds is 6. The molecule has 2 aromatic carbocycles. The van der Waals surface area contributed by atoms with Crippen LogP contribution in [-0.2, 0) is 0 Å². The number of anilines is 4. The summed E-state index contributed by atoms with van der Waals surface area (Å²) in [6.07, 6.45) is 1.71. The van der Waals surface area contributed by atoms with Crippen LogP contribution in [0.2, 0.25) is 0 Å². The normalized spacial score (nSPS) is 11.9. The summed E-state index contributed by atoms with van der Waals surface area (Å²) in [7, 11) is 1.63. The fourth-order valence-corrected chi connectivity index (χ4v) is 3.05. The van der Waals surface area contributed by atoms with Crippen molar-refractivity contribution < 1.29 is 14.2 Å². The van der Waals surface area contributed by atoms with E-state index in [0.29, 0.717) is 23.3 Å². The van der Waals surface area contributed by atoms with Crippen molar-refractivity contribution in [1.29, 1.82) is 0 Å². The van der Waals surface area contributed by atoms with Gasteiger partial charge in [0.15, 0.2) is 17.3 Å².